The summed E-state index contributed by atoms with van der Waals surface area (Å²) in [6.07, 6.45) is 2.53. The molecule has 1 aromatic heterocycles. The van der Waals surface area contributed by atoms with Crippen LogP contribution in [0.1, 0.15) is 42.5 Å². The first kappa shape index (κ1) is 13.2. The zero-order valence-electron chi connectivity index (χ0n) is 9.93. The number of aryl methyl sites for hydroxylation is 1. The second kappa shape index (κ2) is 6.02. The first-order chi connectivity index (χ1) is 7.10. The number of hydrogen-bond acceptors (Lipinski definition) is 2. The van der Waals surface area contributed by atoms with Crippen molar-refractivity contribution in [2.75, 3.05) is 7.05 Å². The van der Waals surface area contributed by atoms with E-state index in [1.807, 2.05) is 11.3 Å². The maximum absolute atomic E-state index is 3.58. The predicted molar refractivity (Wildman–Crippen MR) is 72.6 cm³/mol. The topological polar surface area (TPSA) is 12.0 Å². The molecule has 1 aromatic rings. The fourth-order valence-electron chi connectivity index (χ4n) is 1.96. The Balaban J connectivity index is 2.82. The van der Waals surface area contributed by atoms with E-state index in [4.69, 9.17) is 0 Å². The molecule has 0 fully saturated rings. The number of nitrogens with one attached hydrogen (secondary N) is 1. The molecular weight excluding hydrogens is 270 g/mol. The molecule has 86 valence electrons. The average molecular weight is 290 g/mol. The molecule has 0 aromatic carbocycles. The average Bonchev–Trinajstić information content (AvgIpc) is 2.48. The van der Waals surface area contributed by atoms with Crippen molar-refractivity contribution < 1.29 is 0 Å². The fourth-order valence-corrected chi connectivity index (χ4v) is 3.77. The number of hydrogen-bond donors (Lipinski definition) is 1. The maximum atomic E-state index is 3.58. The van der Waals surface area contributed by atoms with Gasteiger partial charge < -0.3 is 5.32 Å². The molecule has 0 bridgehead atoms. The molecule has 0 aliphatic rings. The van der Waals surface area contributed by atoms with Crippen LogP contribution in [0.4, 0.5) is 0 Å². The molecule has 2 unspecified atom stereocenters. The maximum Gasteiger partial charge on any atom is 0.0438 e. The van der Waals surface area contributed by atoms with E-state index in [9.17, 15) is 0 Å². The molecular formula is C12H20BrNS. The largest absolute Gasteiger partial charge is 0.312 e. The van der Waals surface area contributed by atoms with E-state index in [2.05, 4.69) is 55.1 Å². The van der Waals surface area contributed by atoms with E-state index >= 15 is 0 Å². The molecule has 0 saturated heterocycles. The third kappa shape index (κ3) is 3.30. The third-order valence-corrected chi connectivity index (χ3v) is 5.03. The Labute approximate surface area is 105 Å². The van der Waals surface area contributed by atoms with Crippen LogP contribution in [-0.4, -0.2) is 7.05 Å². The second-order valence-corrected chi connectivity index (χ2v) is 6.23. The molecule has 0 saturated carbocycles. The van der Waals surface area contributed by atoms with E-state index in [0.717, 1.165) is 0 Å². The smallest absolute Gasteiger partial charge is 0.0438 e. The quantitative estimate of drug-likeness (QED) is 0.841. The van der Waals surface area contributed by atoms with Crippen molar-refractivity contribution in [2.24, 2.45) is 5.92 Å². The van der Waals surface area contributed by atoms with Gasteiger partial charge in [-0.15, -0.1) is 11.3 Å². The Hall–Kier alpha value is 0.140. The lowest BCUT2D eigenvalue weighted by molar-refractivity contribution is 0.389. The van der Waals surface area contributed by atoms with Crippen LogP contribution in [0, 0.1) is 12.8 Å². The van der Waals surface area contributed by atoms with Crippen LogP contribution in [0.2, 0.25) is 0 Å². The minimum atomic E-state index is 0.500. The second-order valence-electron chi connectivity index (χ2n) is 4.09. The van der Waals surface area contributed by atoms with Crippen molar-refractivity contribution >= 4 is 27.3 Å². The highest BCUT2D eigenvalue weighted by Gasteiger charge is 2.19. The molecule has 2 atom stereocenters. The van der Waals surface area contributed by atoms with Crippen molar-refractivity contribution in [3.8, 4) is 0 Å². The van der Waals surface area contributed by atoms with E-state index in [1.54, 1.807) is 0 Å². The van der Waals surface area contributed by atoms with Crippen LogP contribution >= 0.6 is 27.3 Å². The van der Waals surface area contributed by atoms with Crippen molar-refractivity contribution in [2.45, 2.75) is 39.7 Å². The molecule has 1 rings (SSSR count). The monoisotopic (exact) mass is 289 g/mol. The van der Waals surface area contributed by atoms with Crippen LogP contribution in [0.5, 0.6) is 0 Å². The number of rotatable bonds is 5. The lowest BCUT2D eigenvalue weighted by atomic mass is 9.96. The zero-order valence-corrected chi connectivity index (χ0v) is 12.3. The zero-order chi connectivity index (χ0) is 11.4. The highest BCUT2D eigenvalue weighted by atomic mass is 79.9. The third-order valence-electron chi connectivity index (χ3n) is 2.81. The Bertz CT molecular complexity index is 289. The minimum absolute atomic E-state index is 0.500. The van der Waals surface area contributed by atoms with Crippen LogP contribution in [0.25, 0.3) is 0 Å². The first-order valence-electron chi connectivity index (χ1n) is 5.53. The van der Waals surface area contributed by atoms with Gasteiger partial charge in [-0.05, 0) is 48.3 Å². The molecule has 0 amide bonds. The Morgan fingerprint density at radius 2 is 2.20 bits per heavy atom. The van der Waals surface area contributed by atoms with Crippen LogP contribution in [0.15, 0.2) is 10.5 Å². The molecule has 0 spiro atoms. The number of thiophene rings is 1. The molecule has 1 N–H and O–H groups in total. The van der Waals surface area contributed by atoms with Gasteiger partial charge in [0.1, 0.15) is 0 Å². The van der Waals surface area contributed by atoms with Gasteiger partial charge in [0.05, 0.1) is 0 Å². The molecule has 0 aliphatic carbocycles. The Morgan fingerprint density at radius 3 is 2.60 bits per heavy atom. The van der Waals surface area contributed by atoms with Gasteiger partial charge in [-0.25, -0.2) is 0 Å². The van der Waals surface area contributed by atoms with Gasteiger partial charge in [-0.2, -0.15) is 0 Å². The van der Waals surface area contributed by atoms with Crippen LogP contribution in [0.3, 0.4) is 0 Å². The molecule has 0 radical (unpaired) electrons. The summed E-state index contributed by atoms with van der Waals surface area (Å²) in [4.78, 5) is 2.82. The van der Waals surface area contributed by atoms with Gasteiger partial charge in [-0.1, -0.05) is 20.3 Å². The van der Waals surface area contributed by atoms with Gasteiger partial charge in [0, 0.05) is 20.3 Å². The lowest BCUT2D eigenvalue weighted by Gasteiger charge is -2.21. The van der Waals surface area contributed by atoms with Gasteiger partial charge in [-0.3, -0.25) is 0 Å². The highest BCUT2D eigenvalue weighted by molar-refractivity contribution is 9.10. The van der Waals surface area contributed by atoms with Gasteiger partial charge in [0.2, 0.25) is 0 Å². The Morgan fingerprint density at radius 1 is 1.53 bits per heavy atom. The first-order valence-corrected chi connectivity index (χ1v) is 7.14. The van der Waals surface area contributed by atoms with Crippen molar-refractivity contribution in [1.29, 1.82) is 0 Å². The molecule has 15 heavy (non-hydrogen) atoms. The summed E-state index contributed by atoms with van der Waals surface area (Å²) in [6, 6.07) is 2.76. The highest BCUT2D eigenvalue weighted by Crippen LogP contribution is 2.34. The van der Waals surface area contributed by atoms with Crippen LogP contribution in [-0.2, 0) is 0 Å². The molecule has 0 aliphatic heterocycles. The summed E-state index contributed by atoms with van der Waals surface area (Å²) in [5.41, 5.74) is 0. The summed E-state index contributed by atoms with van der Waals surface area (Å²) in [5, 5.41) is 3.43. The summed E-state index contributed by atoms with van der Waals surface area (Å²) in [5.74, 6) is 0.699. The summed E-state index contributed by atoms with van der Waals surface area (Å²) >= 11 is 5.48. The van der Waals surface area contributed by atoms with E-state index < -0.39 is 0 Å². The van der Waals surface area contributed by atoms with Gasteiger partial charge >= 0.3 is 0 Å². The summed E-state index contributed by atoms with van der Waals surface area (Å²) < 4.78 is 1.24. The van der Waals surface area contributed by atoms with Crippen LogP contribution < -0.4 is 5.32 Å². The standard InChI is InChI=1S/C12H20BrNS/c1-5-6-8(2)12(14-4)11-7-10(13)9(3)15-11/h7-8,12,14H,5-6H2,1-4H3. The van der Waals surface area contributed by atoms with Crippen molar-refractivity contribution in [3.63, 3.8) is 0 Å². The molecule has 1 nitrogen and oxygen atoms in total. The SMILES string of the molecule is CCCC(C)C(NC)c1cc(Br)c(C)s1. The van der Waals surface area contributed by atoms with E-state index in [-0.39, 0.29) is 0 Å². The predicted octanol–water partition coefficient (Wildman–Crippen LogP) is 4.52. The minimum Gasteiger partial charge on any atom is -0.312 e. The van der Waals surface area contributed by atoms with Crippen molar-refractivity contribution in [3.05, 3.63) is 20.3 Å². The molecule has 3 heteroatoms. The Kier molecular flexibility index (Phi) is 5.30. The molecule has 1 heterocycles. The normalized spacial score (nSPS) is 15.3. The lowest BCUT2D eigenvalue weighted by Crippen LogP contribution is -2.22. The summed E-state index contributed by atoms with van der Waals surface area (Å²) in [7, 11) is 2.06. The van der Waals surface area contributed by atoms with Gasteiger partial charge in [0.25, 0.3) is 0 Å². The van der Waals surface area contributed by atoms with Crippen molar-refractivity contribution in [1.82, 2.24) is 5.32 Å². The number of halogens is 1. The fraction of sp³-hybridized carbons (Fsp3) is 0.667. The van der Waals surface area contributed by atoms with E-state index in [1.165, 1.54) is 27.1 Å². The summed E-state index contributed by atoms with van der Waals surface area (Å²) in [6.45, 7) is 6.74. The van der Waals surface area contributed by atoms with E-state index in [0.29, 0.717) is 12.0 Å². The van der Waals surface area contributed by atoms with Gasteiger partial charge in [0.15, 0.2) is 0 Å².